The van der Waals surface area contributed by atoms with Crippen LogP contribution in [0, 0.1) is 0 Å². The Morgan fingerprint density at radius 3 is 2.85 bits per heavy atom. The molecule has 0 saturated carbocycles. The van der Waals surface area contributed by atoms with Crippen molar-refractivity contribution < 1.29 is 12.9 Å². The van der Waals surface area contributed by atoms with Gasteiger partial charge in [-0.25, -0.2) is 0 Å². The zero-order valence-electron chi connectivity index (χ0n) is 6.57. The summed E-state index contributed by atoms with van der Waals surface area (Å²) in [6.07, 6.45) is 0. The molecule has 2 nitrogen and oxygen atoms in total. The molecule has 1 heterocycles. The van der Waals surface area contributed by atoms with Crippen LogP contribution in [0.4, 0.5) is 0 Å². The second-order valence-corrected chi connectivity index (χ2v) is 4.05. The van der Waals surface area contributed by atoms with E-state index in [1.54, 1.807) is 17.5 Å². The number of halogens is 1. The van der Waals surface area contributed by atoms with E-state index >= 15 is 0 Å². The molecule has 2 N–H and O–H groups in total. The van der Waals surface area contributed by atoms with Crippen LogP contribution >= 0.6 is 22.9 Å². The fourth-order valence-corrected chi connectivity index (χ4v) is 2.47. The average Bonchev–Trinajstić information content (AvgIpc) is 2.46. The molecule has 1 aromatic heterocycles. The monoisotopic (exact) mass is 216 g/mol. The van der Waals surface area contributed by atoms with Crippen LogP contribution in [-0.4, -0.2) is 17.2 Å². The summed E-state index contributed by atoms with van der Waals surface area (Å²) in [7, 11) is -1.41. The summed E-state index contributed by atoms with van der Waals surface area (Å²) < 4.78 is 0.968. The molecular weight excluding hydrogens is 206 g/mol. The first kappa shape index (κ1) is 9.03. The van der Waals surface area contributed by atoms with Crippen LogP contribution in [0.1, 0.15) is 2.85 Å². The lowest BCUT2D eigenvalue weighted by Gasteiger charge is -1.96. The van der Waals surface area contributed by atoms with Gasteiger partial charge in [0.1, 0.15) is 0 Å². The number of hydrogen-bond donors (Lipinski definition) is 2. The van der Waals surface area contributed by atoms with E-state index in [0.29, 0.717) is 10.5 Å². The van der Waals surface area contributed by atoms with Crippen LogP contribution in [0.3, 0.4) is 0 Å². The van der Waals surface area contributed by atoms with Crippen molar-refractivity contribution in [2.24, 2.45) is 0 Å². The van der Waals surface area contributed by atoms with Gasteiger partial charge < -0.3 is 10.0 Å². The van der Waals surface area contributed by atoms with Crippen molar-refractivity contribution in [3.05, 3.63) is 28.6 Å². The molecule has 0 spiro atoms. The Balaban J connectivity index is 0.000000980. The van der Waals surface area contributed by atoms with Crippen LogP contribution in [0.5, 0.6) is 0 Å². The van der Waals surface area contributed by atoms with Gasteiger partial charge >= 0.3 is 7.12 Å². The average molecular weight is 216 g/mol. The third-order valence-corrected chi connectivity index (χ3v) is 3.04. The van der Waals surface area contributed by atoms with E-state index in [4.69, 9.17) is 21.6 Å². The Morgan fingerprint density at radius 2 is 2.15 bits per heavy atom. The maximum atomic E-state index is 9.01. The van der Waals surface area contributed by atoms with Crippen molar-refractivity contribution in [2.75, 3.05) is 0 Å². The number of rotatable bonds is 1. The van der Waals surface area contributed by atoms with E-state index in [1.807, 2.05) is 6.07 Å². The molecular formula is C8H10BClO2S. The molecule has 0 fully saturated rings. The molecule has 5 heteroatoms. The Bertz CT molecular complexity index is 449. The van der Waals surface area contributed by atoms with Crippen molar-refractivity contribution in [3.8, 4) is 0 Å². The zero-order chi connectivity index (χ0) is 9.42. The molecule has 2 rings (SSSR count). The molecule has 0 bridgehead atoms. The molecule has 0 aliphatic heterocycles. The molecule has 2 aromatic rings. The van der Waals surface area contributed by atoms with E-state index in [2.05, 4.69) is 0 Å². The minimum Gasteiger partial charge on any atom is -0.423 e. The first-order valence-electron chi connectivity index (χ1n) is 3.71. The van der Waals surface area contributed by atoms with Crippen LogP contribution < -0.4 is 5.46 Å². The van der Waals surface area contributed by atoms with Gasteiger partial charge in [0, 0.05) is 18.0 Å². The van der Waals surface area contributed by atoms with Crippen molar-refractivity contribution >= 4 is 45.6 Å². The molecule has 0 amide bonds. The van der Waals surface area contributed by atoms with Gasteiger partial charge in [-0.1, -0.05) is 17.7 Å². The second-order valence-electron chi connectivity index (χ2n) is 2.71. The van der Waals surface area contributed by atoms with Gasteiger partial charge in [-0.2, -0.15) is 0 Å². The van der Waals surface area contributed by atoms with Gasteiger partial charge in [0.05, 0.1) is 0 Å². The highest BCUT2D eigenvalue weighted by molar-refractivity contribution is 7.18. The molecule has 0 atom stereocenters. The predicted molar refractivity (Wildman–Crippen MR) is 60.9 cm³/mol. The third-order valence-electron chi connectivity index (χ3n) is 1.85. The van der Waals surface area contributed by atoms with Crippen LogP contribution in [0.25, 0.3) is 10.1 Å². The van der Waals surface area contributed by atoms with Crippen molar-refractivity contribution in [2.45, 2.75) is 0 Å². The minimum atomic E-state index is -1.41. The maximum Gasteiger partial charge on any atom is 0.489 e. The lowest BCUT2D eigenvalue weighted by molar-refractivity contribution is 0.426. The molecule has 1 aromatic carbocycles. The molecule has 0 radical (unpaired) electrons. The normalized spacial score (nSPS) is 10.7. The van der Waals surface area contributed by atoms with E-state index in [0.717, 1.165) is 10.1 Å². The molecule has 70 valence electrons. The fourth-order valence-electron chi connectivity index (χ4n) is 1.22. The summed E-state index contributed by atoms with van der Waals surface area (Å²) in [6.45, 7) is 0. The lowest BCUT2D eigenvalue weighted by Crippen LogP contribution is -2.28. The van der Waals surface area contributed by atoms with Gasteiger partial charge in [0.15, 0.2) is 0 Å². The van der Waals surface area contributed by atoms with Gasteiger partial charge in [-0.15, -0.1) is 11.3 Å². The van der Waals surface area contributed by atoms with Crippen LogP contribution in [0.2, 0.25) is 5.02 Å². The van der Waals surface area contributed by atoms with Gasteiger partial charge in [-0.3, -0.25) is 0 Å². The first-order chi connectivity index (χ1) is 6.18. The summed E-state index contributed by atoms with van der Waals surface area (Å²) >= 11 is 7.24. The van der Waals surface area contributed by atoms with E-state index in [1.165, 1.54) is 11.3 Å². The van der Waals surface area contributed by atoms with Crippen LogP contribution in [-0.2, 0) is 0 Å². The van der Waals surface area contributed by atoms with E-state index < -0.39 is 7.12 Å². The number of fused-ring (bicyclic) bond motifs is 1. The second kappa shape index (κ2) is 3.31. The number of benzene rings is 1. The molecule has 0 aliphatic carbocycles. The van der Waals surface area contributed by atoms with Crippen LogP contribution in [0.15, 0.2) is 23.6 Å². The highest BCUT2D eigenvalue weighted by Crippen LogP contribution is 2.22. The highest BCUT2D eigenvalue weighted by atomic mass is 35.5. The summed E-state index contributed by atoms with van der Waals surface area (Å²) in [6, 6.07) is 5.35. The van der Waals surface area contributed by atoms with Crippen molar-refractivity contribution in [1.82, 2.24) is 0 Å². The Hall–Kier alpha value is -0.545. The SMILES string of the molecule is OB(O)c1csc2cc(Cl)ccc12.[HH].[HH]. The van der Waals surface area contributed by atoms with Gasteiger partial charge in [0.2, 0.25) is 0 Å². The fraction of sp³-hybridized carbons (Fsp3) is 0. The first-order valence-corrected chi connectivity index (χ1v) is 4.97. The van der Waals surface area contributed by atoms with Gasteiger partial charge in [0.25, 0.3) is 0 Å². The van der Waals surface area contributed by atoms with Crippen molar-refractivity contribution in [3.63, 3.8) is 0 Å². The van der Waals surface area contributed by atoms with E-state index in [-0.39, 0.29) is 2.85 Å². The highest BCUT2D eigenvalue weighted by Gasteiger charge is 2.15. The maximum absolute atomic E-state index is 9.01. The largest absolute Gasteiger partial charge is 0.489 e. The summed E-state index contributed by atoms with van der Waals surface area (Å²) in [5.74, 6) is 0. The lowest BCUT2D eigenvalue weighted by atomic mass is 9.80. The smallest absolute Gasteiger partial charge is 0.423 e. The summed E-state index contributed by atoms with van der Waals surface area (Å²) in [5.41, 5.74) is 0.539. The quantitative estimate of drug-likeness (QED) is 0.713. The number of hydrogen-bond acceptors (Lipinski definition) is 3. The van der Waals surface area contributed by atoms with Crippen molar-refractivity contribution in [1.29, 1.82) is 0 Å². The minimum absolute atomic E-state index is 0. The molecule has 13 heavy (non-hydrogen) atoms. The summed E-state index contributed by atoms with van der Waals surface area (Å²) in [5, 5.41) is 21.3. The summed E-state index contributed by atoms with van der Waals surface area (Å²) in [4.78, 5) is 0. The topological polar surface area (TPSA) is 40.5 Å². The van der Waals surface area contributed by atoms with Gasteiger partial charge in [-0.05, 0) is 22.9 Å². The third kappa shape index (κ3) is 1.58. The molecule has 0 unspecified atom stereocenters. The van der Waals surface area contributed by atoms with E-state index in [9.17, 15) is 0 Å². The predicted octanol–water partition coefficient (Wildman–Crippen LogP) is 1.73. The Kier molecular flexibility index (Phi) is 2.30. The standard InChI is InChI=1S/C8H6BClO2S.2H2/c10-5-1-2-6-7(9(11)12)4-13-8(6)3-5;;/h1-4,11-12H;2*1H. The number of thiophene rings is 1. The Labute approximate surface area is 87.5 Å². The zero-order valence-corrected chi connectivity index (χ0v) is 8.14. The molecule has 0 saturated heterocycles. The Morgan fingerprint density at radius 1 is 1.38 bits per heavy atom. The molecule has 0 aliphatic rings.